The zero-order valence-electron chi connectivity index (χ0n) is 12.7. The van der Waals surface area contributed by atoms with Gasteiger partial charge in [0.1, 0.15) is 0 Å². The number of allylic oxidation sites excluding steroid dienone is 1. The molecule has 2 atom stereocenters. The summed E-state index contributed by atoms with van der Waals surface area (Å²) in [5.74, 6) is 0. The number of unbranched alkanes of at least 4 members (excludes halogenated alkanes) is 1. The average molecular weight is 283 g/mol. The minimum atomic E-state index is 0.455. The number of hydrogen-bond acceptors (Lipinski definition) is 2. The Morgan fingerprint density at radius 3 is 2.86 bits per heavy atom. The van der Waals surface area contributed by atoms with Gasteiger partial charge >= 0.3 is 0 Å². The predicted molar refractivity (Wildman–Crippen MR) is 87.1 cm³/mol. The first kappa shape index (κ1) is 14.6. The van der Waals surface area contributed by atoms with Crippen LogP contribution in [-0.4, -0.2) is 30.2 Å². The van der Waals surface area contributed by atoms with Gasteiger partial charge in [0.25, 0.3) is 0 Å². The van der Waals surface area contributed by atoms with Gasteiger partial charge in [0.15, 0.2) is 0 Å². The van der Waals surface area contributed by atoms with Crippen LogP contribution in [0.5, 0.6) is 0 Å². The molecule has 2 nitrogen and oxygen atoms in total. The molecule has 2 bridgehead atoms. The molecule has 2 unspecified atom stereocenters. The van der Waals surface area contributed by atoms with Crippen molar-refractivity contribution in [1.29, 1.82) is 0 Å². The van der Waals surface area contributed by atoms with Crippen LogP contribution in [0, 0.1) is 0 Å². The van der Waals surface area contributed by atoms with Crippen molar-refractivity contribution in [2.24, 2.45) is 0 Å². The highest BCUT2D eigenvalue weighted by atomic mass is 16.5. The van der Waals surface area contributed by atoms with Gasteiger partial charge in [0.05, 0.1) is 19.3 Å². The molecule has 3 rings (SSSR count). The first-order chi connectivity index (χ1) is 10.4. The van der Waals surface area contributed by atoms with Crippen molar-refractivity contribution in [3.8, 4) is 0 Å². The molecule has 2 aliphatic rings. The average Bonchev–Trinajstić information content (AvgIpc) is 2.49. The molecule has 1 saturated heterocycles. The molecule has 2 heterocycles. The van der Waals surface area contributed by atoms with Gasteiger partial charge < -0.3 is 4.74 Å². The van der Waals surface area contributed by atoms with Crippen molar-refractivity contribution in [3.05, 3.63) is 60.2 Å². The van der Waals surface area contributed by atoms with Crippen molar-refractivity contribution in [2.75, 3.05) is 13.2 Å². The van der Waals surface area contributed by atoms with Gasteiger partial charge in [0, 0.05) is 12.6 Å². The zero-order valence-corrected chi connectivity index (χ0v) is 12.7. The summed E-state index contributed by atoms with van der Waals surface area (Å²) in [4.78, 5) is 2.62. The van der Waals surface area contributed by atoms with Crippen molar-refractivity contribution in [2.45, 2.75) is 44.3 Å². The van der Waals surface area contributed by atoms with Crippen LogP contribution in [-0.2, 0) is 11.3 Å². The Hall–Kier alpha value is -1.38. The molecule has 0 spiro atoms. The van der Waals surface area contributed by atoms with E-state index in [0.717, 1.165) is 26.2 Å². The van der Waals surface area contributed by atoms with Gasteiger partial charge in [-0.2, -0.15) is 0 Å². The molecule has 2 aliphatic heterocycles. The van der Waals surface area contributed by atoms with E-state index in [1.54, 1.807) is 5.57 Å². The molecular formula is C19H25NO. The Kier molecular flexibility index (Phi) is 4.89. The van der Waals surface area contributed by atoms with Crippen molar-refractivity contribution < 1.29 is 4.74 Å². The molecule has 0 N–H and O–H groups in total. The van der Waals surface area contributed by atoms with Gasteiger partial charge in [-0.1, -0.05) is 48.1 Å². The van der Waals surface area contributed by atoms with Crippen molar-refractivity contribution in [3.63, 3.8) is 0 Å². The molecule has 112 valence electrons. The van der Waals surface area contributed by atoms with Crippen LogP contribution in [0.1, 0.15) is 31.2 Å². The van der Waals surface area contributed by atoms with E-state index in [4.69, 9.17) is 4.74 Å². The van der Waals surface area contributed by atoms with Gasteiger partial charge in [-0.3, -0.25) is 4.90 Å². The maximum absolute atomic E-state index is 5.78. The number of ether oxygens (including phenoxy) is 1. The molecule has 0 amide bonds. The summed E-state index contributed by atoms with van der Waals surface area (Å²) in [6.07, 6.45) is 9.22. The van der Waals surface area contributed by atoms with Gasteiger partial charge in [-0.05, 0) is 31.2 Å². The van der Waals surface area contributed by atoms with Crippen LogP contribution in [0.4, 0.5) is 0 Å². The smallest absolute Gasteiger partial charge is 0.0658 e. The lowest BCUT2D eigenvalue weighted by molar-refractivity contribution is -0.0442. The van der Waals surface area contributed by atoms with E-state index < -0.39 is 0 Å². The van der Waals surface area contributed by atoms with Crippen LogP contribution in [0.2, 0.25) is 0 Å². The minimum absolute atomic E-state index is 0.455. The van der Waals surface area contributed by atoms with E-state index >= 15 is 0 Å². The fraction of sp³-hybridized carbons (Fsp3) is 0.474. The molecule has 21 heavy (non-hydrogen) atoms. The highest BCUT2D eigenvalue weighted by Crippen LogP contribution is 2.30. The first-order valence-corrected chi connectivity index (χ1v) is 8.04. The number of rotatable bonds is 6. The number of morpholine rings is 1. The molecule has 1 fully saturated rings. The maximum Gasteiger partial charge on any atom is 0.0658 e. The van der Waals surface area contributed by atoms with Crippen LogP contribution in [0.15, 0.2) is 54.6 Å². The molecule has 2 heteroatoms. The Labute approximate surface area is 128 Å². The standard InChI is InChI=1S/C19H25NO/c1-2-3-5-10-17-11-18-14-21-15-19(12-17)20(18)13-16-8-6-4-7-9-16/h2,4,6-9,11,18-19H,1,3,5,10,12-15H2. The third kappa shape index (κ3) is 3.63. The third-order valence-corrected chi connectivity index (χ3v) is 4.53. The summed E-state index contributed by atoms with van der Waals surface area (Å²) < 4.78 is 5.78. The second-order valence-corrected chi connectivity index (χ2v) is 6.13. The molecule has 0 aromatic heterocycles. The van der Waals surface area contributed by atoms with E-state index in [9.17, 15) is 0 Å². The van der Waals surface area contributed by atoms with E-state index in [-0.39, 0.29) is 0 Å². The zero-order chi connectivity index (χ0) is 14.5. The van der Waals surface area contributed by atoms with E-state index in [1.807, 2.05) is 6.08 Å². The molecule has 0 radical (unpaired) electrons. The van der Waals surface area contributed by atoms with Crippen LogP contribution in [0.3, 0.4) is 0 Å². The number of benzene rings is 1. The van der Waals surface area contributed by atoms with Crippen LogP contribution >= 0.6 is 0 Å². The Balaban J connectivity index is 1.67. The van der Waals surface area contributed by atoms with E-state index in [2.05, 4.69) is 47.9 Å². The van der Waals surface area contributed by atoms with E-state index in [1.165, 1.54) is 24.8 Å². The number of fused-ring (bicyclic) bond motifs is 2. The van der Waals surface area contributed by atoms with Crippen LogP contribution < -0.4 is 0 Å². The maximum atomic E-state index is 5.78. The summed E-state index contributed by atoms with van der Waals surface area (Å²) in [5, 5.41) is 0. The normalized spacial score (nSPS) is 25.4. The lowest BCUT2D eigenvalue weighted by Gasteiger charge is -2.45. The first-order valence-electron chi connectivity index (χ1n) is 8.04. The van der Waals surface area contributed by atoms with Gasteiger partial charge in [0.2, 0.25) is 0 Å². The fourth-order valence-corrected chi connectivity index (χ4v) is 3.45. The largest absolute Gasteiger partial charge is 0.378 e. The number of hydrogen-bond donors (Lipinski definition) is 0. The molecule has 0 aliphatic carbocycles. The molecule has 1 aromatic rings. The summed E-state index contributed by atoms with van der Waals surface area (Å²) >= 11 is 0. The predicted octanol–water partition coefficient (Wildman–Crippen LogP) is 3.94. The Morgan fingerprint density at radius 1 is 1.24 bits per heavy atom. The summed E-state index contributed by atoms with van der Waals surface area (Å²) in [7, 11) is 0. The lowest BCUT2D eigenvalue weighted by Crippen LogP contribution is -2.53. The Morgan fingerprint density at radius 2 is 2.10 bits per heavy atom. The van der Waals surface area contributed by atoms with E-state index in [0.29, 0.717) is 12.1 Å². The topological polar surface area (TPSA) is 12.5 Å². The van der Waals surface area contributed by atoms with Crippen molar-refractivity contribution >= 4 is 0 Å². The number of nitrogens with zero attached hydrogens (tertiary/aromatic N) is 1. The fourth-order valence-electron chi connectivity index (χ4n) is 3.45. The minimum Gasteiger partial charge on any atom is -0.378 e. The molecule has 1 aromatic carbocycles. The quantitative estimate of drug-likeness (QED) is 0.579. The second kappa shape index (κ2) is 7.06. The summed E-state index contributed by atoms with van der Waals surface area (Å²) in [6.45, 7) is 6.57. The van der Waals surface area contributed by atoms with Crippen molar-refractivity contribution in [1.82, 2.24) is 4.90 Å². The third-order valence-electron chi connectivity index (χ3n) is 4.53. The monoisotopic (exact) mass is 283 g/mol. The molecular weight excluding hydrogens is 258 g/mol. The lowest BCUT2D eigenvalue weighted by atomic mass is 9.90. The SMILES string of the molecule is C=CCCCC1=CC2COCC(C1)N2Cc1ccccc1. The highest BCUT2D eigenvalue weighted by Gasteiger charge is 2.34. The Bertz CT molecular complexity index is 494. The van der Waals surface area contributed by atoms with Crippen LogP contribution in [0.25, 0.3) is 0 Å². The van der Waals surface area contributed by atoms with Gasteiger partial charge in [-0.25, -0.2) is 0 Å². The molecule has 0 saturated carbocycles. The highest BCUT2D eigenvalue weighted by molar-refractivity contribution is 5.20. The summed E-state index contributed by atoms with van der Waals surface area (Å²) in [5.41, 5.74) is 3.03. The second-order valence-electron chi connectivity index (χ2n) is 6.13. The summed E-state index contributed by atoms with van der Waals surface area (Å²) in [6, 6.07) is 11.8. The van der Waals surface area contributed by atoms with Gasteiger partial charge in [-0.15, -0.1) is 6.58 Å².